The molecule has 0 bridgehead atoms. The largest absolute Gasteiger partial charge is 0.308 e. The molecule has 1 heterocycles. The highest BCUT2D eigenvalue weighted by atomic mass is 32.2. The first-order chi connectivity index (χ1) is 6.74. The van der Waals surface area contributed by atoms with E-state index >= 15 is 0 Å². The summed E-state index contributed by atoms with van der Waals surface area (Å²) >= 11 is 3.72. The molecule has 1 aromatic heterocycles. The average molecular weight is 230 g/mol. The predicted molar refractivity (Wildman–Crippen MR) is 66.2 cm³/mol. The van der Waals surface area contributed by atoms with Crippen molar-refractivity contribution in [2.24, 2.45) is 0 Å². The summed E-state index contributed by atoms with van der Waals surface area (Å²) in [6.07, 6.45) is 0. The molecule has 1 aromatic rings. The van der Waals surface area contributed by atoms with Crippen LogP contribution in [0, 0.1) is 6.92 Å². The zero-order valence-corrected chi connectivity index (χ0v) is 10.7. The van der Waals surface area contributed by atoms with E-state index in [9.17, 15) is 0 Å². The Morgan fingerprint density at radius 1 is 1.64 bits per heavy atom. The molecular weight excluding hydrogens is 212 g/mol. The highest BCUT2D eigenvalue weighted by Gasteiger charge is 2.04. The van der Waals surface area contributed by atoms with Crippen molar-refractivity contribution < 1.29 is 0 Å². The van der Waals surface area contributed by atoms with Gasteiger partial charge in [0.25, 0.3) is 0 Å². The van der Waals surface area contributed by atoms with Crippen LogP contribution in [-0.2, 0) is 6.54 Å². The molecule has 4 heteroatoms. The van der Waals surface area contributed by atoms with Crippen LogP contribution < -0.4 is 5.32 Å². The second kappa shape index (κ2) is 6.43. The van der Waals surface area contributed by atoms with E-state index in [4.69, 9.17) is 0 Å². The first-order valence-electron chi connectivity index (χ1n) is 4.94. The fourth-order valence-electron chi connectivity index (χ4n) is 1.12. The molecule has 0 aliphatic heterocycles. The topological polar surface area (TPSA) is 24.9 Å². The molecule has 80 valence electrons. The van der Waals surface area contributed by atoms with Crippen LogP contribution in [0.3, 0.4) is 0 Å². The van der Waals surface area contributed by atoms with Gasteiger partial charge in [0.05, 0.1) is 11.2 Å². The fraction of sp³-hybridized carbons (Fsp3) is 0.700. The van der Waals surface area contributed by atoms with Gasteiger partial charge in [-0.1, -0.05) is 6.92 Å². The van der Waals surface area contributed by atoms with Gasteiger partial charge in [-0.3, -0.25) is 0 Å². The molecular formula is C10H18N2S2. The number of aryl methyl sites for hydroxylation is 1. The van der Waals surface area contributed by atoms with Crippen molar-refractivity contribution in [1.29, 1.82) is 0 Å². The standard InChI is InChI=1S/C10H18N2S2/c1-4-13-6-8(2)11-5-10-9(3)12-7-14-10/h7-8,11H,4-6H2,1-3H3. The molecule has 0 radical (unpaired) electrons. The van der Waals surface area contributed by atoms with E-state index in [-0.39, 0.29) is 0 Å². The van der Waals surface area contributed by atoms with Gasteiger partial charge in [0.1, 0.15) is 0 Å². The maximum atomic E-state index is 4.23. The van der Waals surface area contributed by atoms with Crippen LogP contribution in [0.15, 0.2) is 5.51 Å². The van der Waals surface area contributed by atoms with Crippen LogP contribution in [-0.4, -0.2) is 22.5 Å². The fourth-order valence-corrected chi connectivity index (χ4v) is 2.55. The quantitative estimate of drug-likeness (QED) is 0.813. The molecule has 1 N–H and O–H groups in total. The summed E-state index contributed by atoms with van der Waals surface area (Å²) in [5.41, 5.74) is 3.08. The summed E-state index contributed by atoms with van der Waals surface area (Å²) in [7, 11) is 0. The molecule has 0 aliphatic rings. The van der Waals surface area contributed by atoms with E-state index in [1.54, 1.807) is 11.3 Å². The Balaban J connectivity index is 2.23. The molecule has 0 spiro atoms. The lowest BCUT2D eigenvalue weighted by molar-refractivity contribution is 0.598. The van der Waals surface area contributed by atoms with Crippen molar-refractivity contribution in [2.75, 3.05) is 11.5 Å². The zero-order valence-electron chi connectivity index (χ0n) is 9.04. The van der Waals surface area contributed by atoms with Gasteiger partial charge in [0.15, 0.2) is 0 Å². The number of hydrogen-bond donors (Lipinski definition) is 1. The molecule has 1 rings (SSSR count). The second-order valence-electron chi connectivity index (χ2n) is 3.30. The van der Waals surface area contributed by atoms with Crippen molar-refractivity contribution in [1.82, 2.24) is 10.3 Å². The maximum absolute atomic E-state index is 4.23. The third-order valence-electron chi connectivity index (χ3n) is 2.03. The molecule has 0 aromatic carbocycles. The second-order valence-corrected chi connectivity index (χ2v) is 5.56. The van der Waals surface area contributed by atoms with Gasteiger partial charge in [-0.25, -0.2) is 4.98 Å². The highest BCUT2D eigenvalue weighted by molar-refractivity contribution is 7.99. The maximum Gasteiger partial charge on any atom is 0.0798 e. The van der Waals surface area contributed by atoms with Crippen LogP contribution >= 0.6 is 23.1 Å². The van der Waals surface area contributed by atoms with Gasteiger partial charge < -0.3 is 5.32 Å². The van der Waals surface area contributed by atoms with E-state index < -0.39 is 0 Å². The number of nitrogens with zero attached hydrogens (tertiary/aromatic N) is 1. The molecule has 2 nitrogen and oxygen atoms in total. The van der Waals surface area contributed by atoms with Crippen LogP contribution in [0.1, 0.15) is 24.4 Å². The van der Waals surface area contributed by atoms with Crippen LogP contribution in [0.5, 0.6) is 0 Å². The van der Waals surface area contributed by atoms with Gasteiger partial charge in [0, 0.05) is 23.2 Å². The SMILES string of the molecule is CCSCC(C)NCc1scnc1C. The molecule has 0 fully saturated rings. The third-order valence-corrected chi connectivity index (χ3v) is 4.11. The average Bonchev–Trinajstić information content (AvgIpc) is 2.58. The summed E-state index contributed by atoms with van der Waals surface area (Å²) in [5, 5.41) is 3.51. The minimum atomic E-state index is 0.585. The molecule has 14 heavy (non-hydrogen) atoms. The van der Waals surface area contributed by atoms with Gasteiger partial charge in [0.2, 0.25) is 0 Å². The number of hydrogen-bond acceptors (Lipinski definition) is 4. The lowest BCUT2D eigenvalue weighted by Gasteiger charge is -2.12. The van der Waals surface area contributed by atoms with Crippen molar-refractivity contribution in [3.63, 3.8) is 0 Å². The number of nitrogens with one attached hydrogen (secondary N) is 1. The summed E-state index contributed by atoms with van der Waals surface area (Å²) < 4.78 is 0. The molecule has 1 unspecified atom stereocenters. The molecule has 0 amide bonds. The van der Waals surface area contributed by atoms with Crippen LogP contribution in [0.4, 0.5) is 0 Å². The van der Waals surface area contributed by atoms with E-state index in [1.807, 2.05) is 17.3 Å². The number of thioether (sulfide) groups is 1. The number of rotatable bonds is 6. The summed E-state index contributed by atoms with van der Waals surface area (Å²) in [6, 6.07) is 0.585. The van der Waals surface area contributed by atoms with Gasteiger partial charge >= 0.3 is 0 Å². The van der Waals surface area contributed by atoms with Crippen LogP contribution in [0.2, 0.25) is 0 Å². The van der Waals surface area contributed by atoms with E-state index in [2.05, 4.69) is 31.1 Å². The zero-order chi connectivity index (χ0) is 10.4. The van der Waals surface area contributed by atoms with Crippen LogP contribution in [0.25, 0.3) is 0 Å². The van der Waals surface area contributed by atoms with E-state index in [0.29, 0.717) is 6.04 Å². The number of thiazole rings is 1. The molecule has 0 saturated heterocycles. The Bertz CT molecular complexity index is 260. The van der Waals surface area contributed by atoms with Crippen molar-refractivity contribution in [3.05, 3.63) is 16.1 Å². The van der Waals surface area contributed by atoms with Crippen molar-refractivity contribution in [3.8, 4) is 0 Å². The minimum absolute atomic E-state index is 0.585. The Kier molecular flexibility index (Phi) is 5.52. The smallest absolute Gasteiger partial charge is 0.0798 e. The lowest BCUT2D eigenvalue weighted by atomic mass is 10.3. The summed E-state index contributed by atoms with van der Waals surface area (Å²) in [6.45, 7) is 7.46. The van der Waals surface area contributed by atoms with Crippen molar-refractivity contribution >= 4 is 23.1 Å². The third kappa shape index (κ3) is 3.98. The van der Waals surface area contributed by atoms with E-state index in [0.717, 1.165) is 12.2 Å². The molecule has 1 atom stereocenters. The first kappa shape index (κ1) is 12.0. The predicted octanol–water partition coefficient (Wildman–Crippen LogP) is 2.68. The first-order valence-corrected chi connectivity index (χ1v) is 6.97. The Hall–Kier alpha value is -0.0600. The normalized spacial score (nSPS) is 13.1. The minimum Gasteiger partial charge on any atom is -0.308 e. The molecule has 0 aliphatic carbocycles. The Morgan fingerprint density at radius 3 is 3.00 bits per heavy atom. The summed E-state index contributed by atoms with van der Waals surface area (Å²) in [5.74, 6) is 2.39. The highest BCUT2D eigenvalue weighted by Crippen LogP contribution is 2.12. The number of aromatic nitrogens is 1. The van der Waals surface area contributed by atoms with E-state index in [1.165, 1.54) is 16.4 Å². The Morgan fingerprint density at radius 2 is 2.43 bits per heavy atom. The monoisotopic (exact) mass is 230 g/mol. The Labute approximate surface area is 94.5 Å². The van der Waals surface area contributed by atoms with Gasteiger partial charge in [-0.2, -0.15) is 11.8 Å². The summed E-state index contributed by atoms with van der Waals surface area (Å²) in [4.78, 5) is 5.59. The van der Waals surface area contributed by atoms with Crippen molar-refractivity contribution in [2.45, 2.75) is 33.4 Å². The lowest BCUT2D eigenvalue weighted by Crippen LogP contribution is -2.27. The van der Waals surface area contributed by atoms with Gasteiger partial charge in [-0.05, 0) is 19.6 Å². The van der Waals surface area contributed by atoms with Gasteiger partial charge in [-0.15, -0.1) is 11.3 Å². The molecule has 0 saturated carbocycles.